The van der Waals surface area contributed by atoms with E-state index in [4.69, 9.17) is 11.6 Å². The number of halogens is 3. The van der Waals surface area contributed by atoms with Gasteiger partial charge >= 0.3 is 0 Å². The van der Waals surface area contributed by atoms with E-state index in [0.717, 1.165) is 36.0 Å². The Bertz CT molecular complexity index is 380. The average Bonchev–Trinajstić information content (AvgIpc) is 2.34. The fraction of sp³-hybridized carbons (Fsp3) is 0.538. The van der Waals surface area contributed by atoms with Crippen LogP contribution in [0.4, 0.5) is 4.39 Å². The minimum Gasteiger partial charge on any atom is -0.317 e. The zero-order valence-corrected chi connectivity index (χ0v) is 11.9. The highest BCUT2D eigenvalue weighted by Gasteiger charge is 2.23. The van der Waals surface area contributed by atoms with E-state index in [9.17, 15) is 4.39 Å². The molecule has 0 spiro atoms. The highest BCUT2D eigenvalue weighted by Crippen LogP contribution is 2.27. The summed E-state index contributed by atoms with van der Waals surface area (Å²) in [5.74, 6) is 0.177. The van der Waals surface area contributed by atoms with Crippen LogP contribution in [-0.4, -0.2) is 19.3 Å². The van der Waals surface area contributed by atoms with Crippen LogP contribution in [0.25, 0.3) is 0 Å². The van der Waals surface area contributed by atoms with E-state index in [1.807, 2.05) is 18.2 Å². The van der Waals surface area contributed by atoms with Gasteiger partial charge in [-0.05, 0) is 49.5 Å². The summed E-state index contributed by atoms with van der Waals surface area (Å²) in [5, 5.41) is 3.90. The second-order valence-corrected chi connectivity index (χ2v) is 5.87. The number of rotatable bonds is 3. The van der Waals surface area contributed by atoms with Crippen LogP contribution in [0.1, 0.15) is 18.4 Å². The number of nitrogens with one attached hydrogen (secondary N) is 1. The van der Waals surface area contributed by atoms with Gasteiger partial charge in [0.25, 0.3) is 0 Å². The van der Waals surface area contributed by atoms with E-state index in [1.165, 1.54) is 0 Å². The maximum absolute atomic E-state index is 14.2. The van der Waals surface area contributed by atoms with E-state index in [1.54, 1.807) is 0 Å². The Labute approximate surface area is 115 Å². The quantitative estimate of drug-likeness (QED) is 0.888. The molecule has 1 heterocycles. The minimum atomic E-state index is -0.782. The summed E-state index contributed by atoms with van der Waals surface area (Å²) in [6.07, 6.45) is 1.50. The van der Waals surface area contributed by atoms with Crippen LogP contribution in [0.5, 0.6) is 0 Å². The smallest absolute Gasteiger partial charge is 0.107 e. The first-order valence-corrected chi connectivity index (χ1v) is 7.12. The highest BCUT2D eigenvalue weighted by molar-refractivity contribution is 9.10. The van der Waals surface area contributed by atoms with Gasteiger partial charge in [-0.2, -0.15) is 0 Å². The second-order valence-electron chi connectivity index (χ2n) is 4.54. The Morgan fingerprint density at radius 1 is 1.41 bits per heavy atom. The van der Waals surface area contributed by atoms with E-state index in [-0.39, 0.29) is 5.92 Å². The SMILES string of the molecule is FC(Cc1ccc(Br)cc1Cl)C1CCNCC1. The minimum absolute atomic E-state index is 0.177. The molecule has 1 aliphatic rings. The molecule has 4 heteroatoms. The second kappa shape index (κ2) is 6.17. The van der Waals surface area contributed by atoms with Crippen LogP contribution < -0.4 is 5.32 Å². The molecular weight excluding hydrogens is 305 g/mol. The molecule has 0 amide bonds. The molecule has 2 rings (SSSR count). The van der Waals surface area contributed by atoms with Gasteiger partial charge in [-0.1, -0.05) is 33.6 Å². The van der Waals surface area contributed by atoms with Crippen molar-refractivity contribution in [3.8, 4) is 0 Å². The van der Waals surface area contributed by atoms with Crippen LogP contribution in [-0.2, 0) is 6.42 Å². The molecule has 1 aliphatic heterocycles. The number of piperidine rings is 1. The number of hydrogen-bond donors (Lipinski definition) is 1. The Balaban J connectivity index is 1.99. The van der Waals surface area contributed by atoms with Gasteiger partial charge in [0, 0.05) is 15.9 Å². The van der Waals surface area contributed by atoms with E-state index < -0.39 is 6.17 Å². The average molecular weight is 321 g/mol. The Hall–Kier alpha value is -0.120. The zero-order chi connectivity index (χ0) is 12.3. The van der Waals surface area contributed by atoms with Crippen molar-refractivity contribution in [2.45, 2.75) is 25.4 Å². The van der Waals surface area contributed by atoms with Crippen molar-refractivity contribution in [3.05, 3.63) is 33.3 Å². The Kier molecular flexibility index (Phi) is 4.83. The van der Waals surface area contributed by atoms with Crippen LogP contribution in [0.2, 0.25) is 5.02 Å². The van der Waals surface area contributed by atoms with Crippen molar-refractivity contribution in [2.24, 2.45) is 5.92 Å². The molecule has 0 aromatic heterocycles. The summed E-state index contributed by atoms with van der Waals surface area (Å²) in [6, 6.07) is 5.64. The van der Waals surface area contributed by atoms with Crippen molar-refractivity contribution < 1.29 is 4.39 Å². The van der Waals surface area contributed by atoms with Crippen molar-refractivity contribution >= 4 is 27.5 Å². The molecule has 94 valence electrons. The van der Waals surface area contributed by atoms with Crippen LogP contribution >= 0.6 is 27.5 Å². The summed E-state index contributed by atoms with van der Waals surface area (Å²) in [7, 11) is 0. The van der Waals surface area contributed by atoms with Crippen molar-refractivity contribution in [2.75, 3.05) is 13.1 Å². The summed E-state index contributed by atoms with van der Waals surface area (Å²) in [6.45, 7) is 1.86. The molecule has 0 bridgehead atoms. The first kappa shape index (κ1) is 13.3. The Morgan fingerprint density at radius 3 is 2.76 bits per heavy atom. The number of alkyl halides is 1. The largest absolute Gasteiger partial charge is 0.317 e. The number of hydrogen-bond acceptors (Lipinski definition) is 1. The van der Waals surface area contributed by atoms with Crippen molar-refractivity contribution in [1.29, 1.82) is 0 Å². The third kappa shape index (κ3) is 3.67. The molecule has 1 nitrogen and oxygen atoms in total. The maximum atomic E-state index is 14.2. The summed E-state index contributed by atoms with van der Waals surface area (Å²) in [4.78, 5) is 0. The number of benzene rings is 1. The lowest BCUT2D eigenvalue weighted by Crippen LogP contribution is -2.33. The van der Waals surface area contributed by atoms with Gasteiger partial charge < -0.3 is 5.32 Å². The van der Waals surface area contributed by atoms with Crippen LogP contribution in [0.3, 0.4) is 0 Å². The molecule has 17 heavy (non-hydrogen) atoms. The molecule has 1 N–H and O–H groups in total. The summed E-state index contributed by atoms with van der Waals surface area (Å²) >= 11 is 9.46. The third-order valence-electron chi connectivity index (χ3n) is 3.33. The predicted octanol–water partition coefficient (Wildman–Crippen LogP) is 3.98. The molecule has 1 aromatic carbocycles. The Morgan fingerprint density at radius 2 is 2.12 bits per heavy atom. The van der Waals surface area contributed by atoms with Gasteiger partial charge in [-0.25, -0.2) is 4.39 Å². The fourth-order valence-electron chi connectivity index (χ4n) is 2.27. The van der Waals surface area contributed by atoms with E-state index in [2.05, 4.69) is 21.2 Å². The molecule has 1 atom stereocenters. The summed E-state index contributed by atoms with van der Waals surface area (Å²) < 4.78 is 15.1. The first-order valence-electron chi connectivity index (χ1n) is 5.95. The van der Waals surface area contributed by atoms with E-state index in [0.29, 0.717) is 11.4 Å². The normalized spacial score (nSPS) is 19.2. The summed E-state index contributed by atoms with van der Waals surface area (Å²) in [5.41, 5.74) is 0.904. The first-order chi connectivity index (χ1) is 8.16. The van der Waals surface area contributed by atoms with Gasteiger partial charge in [-0.15, -0.1) is 0 Å². The molecule has 0 aliphatic carbocycles. The van der Waals surface area contributed by atoms with Crippen molar-refractivity contribution in [1.82, 2.24) is 5.32 Å². The monoisotopic (exact) mass is 319 g/mol. The lowest BCUT2D eigenvalue weighted by Gasteiger charge is -2.26. The molecule has 1 saturated heterocycles. The molecule has 0 radical (unpaired) electrons. The van der Waals surface area contributed by atoms with Gasteiger partial charge in [-0.3, -0.25) is 0 Å². The lowest BCUT2D eigenvalue weighted by molar-refractivity contribution is 0.187. The van der Waals surface area contributed by atoms with Gasteiger partial charge in [0.05, 0.1) is 0 Å². The molecule has 1 fully saturated rings. The van der Waals surface area contributed by atoms with Crippen LogP contribution in [0.15, 0.2) is 22.7 Å². The van der Waals surface area contributed by atoms with Gasteiger partial charge in [0.2, 0.25) is 0 Å². The molecule has 0 saturated carbocycles. The highest BCUT2D eigenvalue weighted by atomic mass is 79.9. The standard InChI is InChI=1S/C13H16BrClFN/c14-11-2-1-10(12(15)8-11)7-13(16)9-3-5-17-6-4-9/h1-2,8-9,13,17H,3-7H2. The zero-order valence-electron chi connectivity index (χ0n) is 9.56. The van der Waals surface area contributed by atoms with Gasteiger partial charge in [0.15, 0.2) is 0 Å². The maximum Gasteiger partial charge on any atom is 0.107 e. The van der Waals surface area contributed by atoms with Gasteiger partial charge in [0.1, 0.15) is 6.17 Å². The van der Waals surface area contributed by atoms with Crippen molar-refractivity contribution in [3.63, 3.8) is 0 Å². The van der Waals surface area contributed by atoms with Crippen LogP contribution in [0, 0.1) is 5.92 Å². The van der Waals surface area contributed by atoms with E-state index >= 15 is 0 Å². The predicted molar refractivity (Wildman–Crippen MR) is 73.3 cm³/mol. The molecule has 1 aromatic rings. The molecule has 1 unspecified atom stereocenters. The fourth-order valence-corrected chi connectivity index (χ4v) is 3.02. The third-order valence-corrected chi connectivity index (χ3v) is 4.17. The lowest BCUT2D eigenvalue weighted by atomic mass is 9.89. The molecular formula is C13H16BrClFN. The topological polar surface area (TPSA) is 12.0 Å².